The van der Waals surface area contributed by atoms with Crippen LogP contribution in [0.1, 0.15) is 37.6 Å². The van der Waals surface area contributed by atoms with Gasteiger partial charge in [0, 0.05) is 42.8 Å². The summed E-state index contributed by atoms with van der Waals surface area (Å²) < 4.78 is 5.76. The Bertz CT molecular complexity index is 977. The molecule has 0 saturated carbocycles. The molecule has 0 unspecified atom stereocenters. The summed E-state index contributed by atoms with van der Waals surface area (Å²) in [7, 11) is 0. The first-order valence-electron chi connectivity index (χ1n) is 10.7. The lowest BCUT2D eigenvalue weighted by atomic mass is 10.0. The Balaban J connectivity index is 1.37. The number of nitrogens with one attached hydrogen (secondary N) is 1. The number of aryl methyl sites for hydroxylation is 1. The summed E-state index contributed by atoms with van der Waals surface area (Å²) in [6, 6.07) is 10.9. The minimum Gasteiger partial charge on any atom is -0.456 e. The largest absolute Gasteiger partial charge is 0.456 e. The number of hydrogen-bond acceptors (Lipinski definition) is 6. The molecule has 1 aliphatic rings. The molecular formula is C24H27N5O2. The number of carbonyl (C=O) groups is 1. The van der Waals surface area contributed by atoms with Gasteiger partial charge >= 0.3 is 0 Å². The number of benzene rings is 1. The molecule has 160 valence electrons. The van der Waals surface area contributed by atoms with Crippen LogP contribution in [0.15, 0.2) is 61.2 Å². The van der Waals surface area contributed by atoms with E-state index in [2.05, 4.69) is 25.2 Å². The number of nitrogens with zero attached hydrogens (tertiary/aromatic N) is 4. The number of pyridine rings is 1. The number of amides is 1. The summed E-state index contributed by atoms with van der Waals surface area (Å²) in [6.45, 7) is 3.61. The van der Waals surface area contributed by atoms with E-state index in [1.54, 1.807) is 12.4 Å². The van der Waals surface area contributed by atoms with Crippen molar-refractivity contribution in [2.75, 3.05) is 11.9 Å². The van der Waals surface area contributed by atoms with E-state index in [1.165, 1.54) is 0 Å². The van der Waals surface area contributed by atoms with Crippen LogP contribution in [-0.4, -0.2) is 38.3 Å². The highest BCUT2D eigenvalue weighted by atomic mass is 16.5. The predicted molar refractivity (Wildman–Crippen MR) is 119 cm³/mol. The third-order valence-electron chi connectivity index (χ3n) is 5.37. The molecule has 1 N–H and O–H groups in total. The van der Waals surface area contributed by atoms with E-state index in [0.29, 0.717) is 18.0 Å². The Hall–Kier alpha value is -3.32. The third-order valence-corrected chi connectivity index (χ3v) is 5.37. The highest BCUT2D eigenvalue weighted by Gasteiger charge is 2.28. The van der Waals surface area contributed by atoms with Gasteiger partial charge in [-0.2, -0.15) is 0 Å². The molecule has 1 saturated heterocycles. The van der Waals surface area contributed by atoms with Gasteiger partial charge in [-0.25, -0.2) is 9.97 Å². The number of likely N-dealkylation sites (tertiary alicyclic amines) is 1. The van der Waals surface area contributed by atoms with Crippen molar-refractivity contribution < 1.29 is 9.53 Å². The zero-order valence-corrected chi connectivity index (χ0v) is 17.7. The van der Waals surface area contributed by atoms with Gasteiger partial charge in [-0.05, 0) is 55.8 Å². The minimum atomic E-state index is -0.161. The highest BCUT2D eigenvalue weighted by Crippen LogP contribution is 2.24. The number of rotatable bonds is 7. The SMILES string of the molecule is CCc1ncc(CN2CCCC[C@H]2C(=O)Nc2ccc(Oc3cccnc3)cc2)cn1. The van der Waals surface area contributed by atoms with Gasteiger partial charge in [0.05, 0.1) is 12.2 Å². The molecule has 7 nitrogen and oxygen atoms in total. The second-order valence-electron chi connectivity index (χ2n) is 7.65. The molecule has 1 atom stereocenters. The summed E-state index contributed by atoms with van der Waals surface area (Å²) in [6.07, 6.45) is 10.9. The zero-order chi connectivity index (χ0) is 21.5. The maximum absolute atomic E-state index is 13.0. The first kappa shape index (κ1) is 20.9. The van der Waals surface area contributed by atoms with Gasteiger partial charge in [0.15, 0.2) is 0 Å². The molecule has 0 radical (unpaired) electrons. The molecule has 7 heteroatoms. The Morgan fingerprint density at radius 1 is 1.10 bits per heavy atom. The second-order valence-corrected chi connectivity index (χ2v) is 7.65. The summed E-state index contributed by atoms with van der Waals surface area (Å²) in [5.41, 5.74) is 1.79. The Morgan fingerprint density at radius 2 is 1.90 bits per heavy atom. The molecule has 0 bridgehead atoms. The Labute approximate surface area is 182 Å². The summed E-state index contributed by atoms with van der Waals surface area (Å²) >= 11 is 0. The fraction of sp³-hybridized carbons (Fsp3) is 0.333. The van der Waals surface area contributed by atoms with Crippen molar-refractivity contribution in [1.29, 1.82) is 0 Å². The van der Waals surface area contributed by atoms with E-state index in [9.17, 15) is 4.79 Å². The number of aromatic nitrogens is 3. The average Bonchev–Trinajstić information content (AvgIpc) is 2.82. The molecule has 3 aromatic rings. The lowest BCUT2D eigenvalue weighted by molar-refractivity contribution is -0.122. The van der Waals surface area contributed by atoms with Crippen LogP contribution in [0, 0.1) is 0 Å². The lowest BCUT2D eigenvalue weighted by Gasteiger charge is -2.34. The van der Waals surface area contributed by atoms with Crippen LogP contribution < -0.4 is 10.1 Å². The number of hydrogen-bond donors (Lipinski definition) is 1. The molecule has 1 aliphatic heterocycles. The van der Waals surface area contributed by atoms with Gasteiger partial charge in [0.1, 0.15) is 17.3 Å². The predicted octanol–water partition coefficient (Wildman–Crippen LogP) is 4.22. The molecule has 0 spiro atoms. The van der Waals surface area contributed by atoms with E-state index in [1.807, 2.05) is 55.7 Å². The Kier molecular flexibility index (Phi) is 6.84. The summed E-state index contributed by atoms with van der Waals surface area (Å²) in [5, 5.41) is 3.06. The monoisotopic (exact) mass is 417 g/mol. The molecule has 4 rings (SSSR count). The molecule has 3 heterocycles. The highest BCUT2D eigenvalue weighted by molar-refractivity contribution is 5.94. The third kappa shape index (κ3) is 5.64. The van der Waals surface area contributed by atoms with Gasteiger partial charge in [0.25, 0.3) is 0 Å². The number of anilines is 1. The van der Waals surface area contributed by atoms with Crippen molar-refractivity contribution in [3.8, 4) is 11.5 Å². The van der Waals surface area contributed by atoms with E-state index < -0.39 is 0 Å². The van der Waals surface area contributed by atoms with Crippen LogP contribution >= 0.6 is 0 Å². The van der Waals surface area contributed by atoms with E-state index in [4.69, 9.17) is 4.74 Å². The van der Waals surface area contributed by atoms with Gasteiger partial charge in [-0.15, -0.1) is 0 Å². The standard InChI is InChI=1S/C24H27N5O2/c1-2-23-26-14-18(15-27-23)17-29-13-4-3-7-22(29)24(30)28-19-8-10-20(11-9-19)31-21-6-5-12-25-16-21/h5-6,8-12,14-16,22H,2-4,7,13,17H2,1H3,(H,28,30)/t22-/m0/s1. The molecule has 31 heavy (non-hydrogen) atoms. The topological polar surface area (TPSA) is 80.2 Å². The van der Waals surface area contributed by atoms with Crippen LogP contribution in [-0.2, 0) is 17.8 Å². The maximum Gasteiger partial charge on any atom is 0.241 e. The van der Waals surface area contributed by atoms with Crippen LogP contribution in [0.3, 0.4) is 0 Å². The van der Waals surface area contributed by atoms with Crippen LogP contribution in [0.4, 0.5) is 5.69 Å². The molecule has 1 amide bonds. The van der Waals surface area contributed by atoms with Crippen molar-refractivity contribution in [2.45, 2.75) is 45.2 Å². The first-order valence-corrected chi connectivity index (χ1v) is 10.7. The van der Waals surface area contributed by atoms with Crippen molar-refractivity contribution in [2.24, 2.45) is 0 Å². The maximum atomic E-state index is 13.0. The fourth-order valence-electron chi connectivity index (χ4n) is 3.73. The number of carbonyl (C=O) groups excluding carboxylic acids is 1. The normalized spacial score (nSPS) is 16.6. The van der Waals surface area contributed by atoms with Gasteiger partial charge in [0.2, 0.25) is 5.91 Å². The molecular weight excluding hydrogens is 390 g/mol. The van der Waals surface area contributed by atoms with Crippen molar-refractivity contribution in [3.63, 3.8) is 0 Å². The van der Waals surface area contributed by atoms with Crippen molar-refractivity contribution in [1.82, 2.24) is 19.9 Å². The van der Waals surface area contributed by atoms with Crippen molar-refractivity contribution in [3.05, 3.63) is 72.6 Å². The number of piperidine rings is 1. The average molecular weight is 418 g/mol. The minimum absolute atomic E-state index is 0.0201. The summed E-state index contributed by atoms with van der Waals surface area (Å²) in [5.74, 6) is 2.23. The first-order chi connectivity index (χ1) is 15.2. The molecule has 0 aliphatic carbocycles. The molecule has 2 aromatic heterocycles. The van der Waals surface area contributed by atoms with Gasteiger partial charge in [-0.3, -0.25) is 14.7 Å². The van der Waals surface area contributed by atoms with Crippen LogP contribution in [0.25, 0.3) is 0 Å². The summed E-state index contributed by atoms with van der Waals surface area (Å²) in [4.78, 5) is 28.1. The Morgan fingerprint density at radius 3 is 2.61 bits per heavy atom. The number of ether oxygens (including phenoxy) is 1. The van der Waals surface area contributed by atoms with E-state index in [0.717, 1.165) is 49.3 Å². The van der Waals surface area contributed by atoms with E-state index >= 15 is 0 Å². The van der Waals surface area contributed by atoms with Gasteiger partial charge < -0.3 is 10.1 Å². The lowest BCUT2D eigenvalue weighted by Crippen LogP contribution is -2.46. The smallest absolute Gasteiger partial charge is 0.241 e. The quantitative estimate of drug-likeness (QED) is 0.620. The van der Waals surface area contributed by atoms with Crippen LogP contribution in [0.5, 0.6) is 11.5 Å². The molecule has 1 fully saturated rings. The van der Waals surface area contributed by atoms with Crippen LogP contribution in [0.2, 0.25) is 0 Å². The fourth-order valence-corrected chi connectivity index (χ4v) is 3.73. The zero-order valence-electron chi connectivity index (χ0n) is 17.7. The van der Waals surface area contributed by atoms with Crippen molar-refractivity contribution >= 4 is 11.6 Å². The molecule has 1 aromatic carbocycles. The van der Waals surface area contributed by atoms with E-state index in [-0.39, 0.29) is 11.9 Å². The second kappa shape index (κ2) is 10.1. The van der Waals surface area contributed by atoms with Gasteiger partial charge in [-0.1, -0.05) is 13.3 Å².